The Bertz CT molecular complexity index is 1320. The van der Waals surface area contributed by atoms with Crippen LogP contribution in [0.1, 0.15) is 57.0 Å². The summed E-state index contributed by atoms with van der Waals surface area (Å²) in [4.78, 5) is 47.2. The molecule has 0 radical (unpaired) electrons. The van der Waals surface area contributed by atoms with Gasteiger partial charge >= 0.3 is 5.69 Å². The summed E-state index contributed by atoms with van der Waals surface area (Å²) in [6, 6.07) is 8.02. The molecule has 2 heterocycles. The van der Waals surface area contributed by atoms with Crippen LogP contribution in [-0.2, 0) is 30.8 Å². The molecule has 0 aliphatic heterocycles. The largest absolute Gasteiger partial charge is 0.330 e. The molecule has 186 valence electrons. The van der Waals surface area contributed by atoms with E-state index in [4.69, 9.17) is 11.4 Å². The molecule has 8 nitrogen and oxygen atoms in total. The Balaban J connectivity index is 1.91. The van der Waals surface area contributed by atoms with E-state index in [1.165, 1.54) is 4.57 Å². The van der Waals surface area contributed by atoms with E-state index in [1.54, 1.807) is 4.90 Å². The molecular weight excluding hydrogens is 442 g/mol. The number of aryl methyl sites for hydroxylation is 3. The Morgan fingerprint density at radius 2 is 1.91 bits per heavy atom. The highest BCUT2D eigenvalue weighted by Crippen LogP contribution is 2.17. The van der Waals surface area contributed by atoms with E-state index in [0.29, 0.717) is 43.0 Å². The zero-order chi connectivity index (χ0) is 25.5. The Kier molecular flexibility index (Phi) is 8.69. The maximum atomic E-state index is 13.1. The maximum absolute atomic E-state index is 13.1. The van der Waals surface area contributed by atoms with Crippen LogP contribution in [0.15, 0.2) is 33.9 Å². The van der Waals surface area contributed by atoms with Crippen LogP contribution in [0.5, 0.6) is 0 Å². The summed E-state index contributed by atoms with van der Waals surface area (Å²) in [5.74, 6) is 3.37. The number of H-pyrrole nitrogens is 1. The second-order valence-corrected chi connectivity index (χ2v) is 9.41. The number of unbranched alkanes of at least 4 members (excludes halogenated alkanes) is 1. The number of aromatic amines is 1. The SMILES string of the molecule is C#CCN(Cc1ccc(C)cc1)C(=O)CCc1nc2c(c(=O)[nH]c(=O)n2CCCC)n1CC(C)C. The number of nitrogens with one attached hydrogen (secondary N) is 1. The van der Waals surface area contributed by atoms with Crippen molar-refractivity contribution in [3.05, 3.63) is 62.1 Å². The Morgan fingerprint density at radius 1 is 1.20 bits per heavy atom. The van der Waals surface area contributed by atoms with Gasteiger partial charge in [-0.25, -0.2) is 9.78 Å². The number of hydrogen-bond donors (Lipinski definition) is 1. The average Bonchev–Trinajstić information content (AvgIpc) is 3.16. The minimum atomic E-state index is -0.453. The van der Waals surface area contributed by atoms with Crippen LogP contribution in [0.3, 0.4) is 0 Å². The highest BCUT2D eigenvalue weighted by Gasteiger charge is 2.21. The van der Waals surface area contributed by atoms with Crippen molar-refractivity contribution in [1.29, 1.82) is 0 Å². The van der Waals surface area contributed by atoms with E-state index in [1.807, 2.05) is 42.7 Å². The smallest absolute Gasteiger partial charge is 0.327 e. The third-order valence-corrected chi connectivity index (χ3v) is 5.94. The molecule has 1 amide bonds. The molecule has 0 aliphatic carbocycles. The van der Waals surface area contributed by atoms with Crippen molar-refractivity contribution in [1.82, 2.24) is 24.0 Å². The summed E-state index contributed by atoms with van der Waals surface area (Å²) >= 11 is 0. The predicted octanol–water partition coefficient (Wildman–Crippen LogP) is 3.25. The number of amides is 1. The molecule has 3 rings (SSSR count). The van der Waals surface area contributed by atoms with Crippen molar-refractivity contribution in [3.63, 3.8) is 0 Å². The van der Waals surface area contributed by atoms with Crippen LogP contribution in [0.25, 0.3) is 11.2 Å². The minimum Gasteiger partial charge on any atom is -0.327 e. The average molecular weight is 478 g/mol. The summed E-state index contributed by atoms with van der Waals surface area (Å²) in [7, 11) is 0. The molecule has 1 aromatic carbocycles. The van der Waals surface area contributed by atoms with Crippen molar-refractivity contribution in [2.75, 3.05) is 6.54 Å². The van der Waals surface area contributed by atoms with Crippen molar-refractivity contribution < 1.29 is 4.79 Å². The van der Waals surface area contributed by atoms with Crippen molar-refractivity contribution in [2.24, 2.45) is 5.92 Å². The number of carbonyl (C=O) groups is 1. The fraction of sp³-hybridized carbons (Fsp3) is 0.481. The molecule has 35 heavy (non-hydrogen) atoms. The number of terminal acetylenes is 1. The van der Waals surface area contributed by atoms with E-state index in [2.05, 4.69) is 24.8 Å². The molecule has 1 N–H and O–H groups in total. The molecule has 2 aromatic heterocycles. The van der Waals surface area contributed by atoms with Crippen molar-refractivity contribution in [2.45, 2.75) is 73.0 Å². The number of benzene rings is 1. The second kappa shape index (κ2) is 11.7. The fourth-order valence-electron chi connectivity index (χ4n) is 4.13. The summed E-state index contributed by atoms with van der Waals surface area (Å²) in [5.41, 5.74) is 2.04. The lowest BCUT2D eigenvalue weighted by atomic mass is 10.1. The number of fused-ring (bicyclic) bond motifs is 1. The van der Waals surface area contributed by atoms with Gasteiger partial charge in [-0.1, -0.05) is 62.9 Å². The van der Waals surface area contributed by atoms with E-state index < -0.39 is 11.2 Å². The molecule has 0 fully saturated rings. The molecule has 0 saturated carbocycles. The summed E-state index contributed by atoms with van der Waals surface area (Å²) in [6.45, 7) is 9.85. The number of nitrogens with zero attached hydrogens (tertiary/aromatic N) is 4. The monoisotopic (exact) mass is 477 g/mol. The van der Waals surface area contributed by atoms with Gasteiger partial charge in [-0.15, -0.1) is 6.42 Å². The van der Waals surface area contributed by atoms with Crippen LogP contribution in [-0.4, -0.2) is 36.5 Å². The molecule has 0 aliphatic rings. The first-order chi connectivity index (χ1) is 16.7. The minimum absolute atomic E-state index is 0.0797. The van der Waals surface area contributed by atoms with E-state index >= 15 is 0 Å². The van der Waals surface area contributed by atoms with Crippen LogP contribution in [0.4, 0.5) is 0 Å². The number of carbonyl (C=O) groups excluding carboxylic acids is 1. The predicted molar refractivity (Wildman–Crippen MR) is 138 cm³/mol. The van der Waals surface area contributed by atoms with Gasteiger partial charge < -0.3 is 9.47 Å². The normalized spacial score (nSPS) is 11.2. The molecule has 0 bridgehead atoms. The molecule has 8 heteroatoms. The van der Waals surface area contributed by atoms with Crippen LogP contribution < -0.4 is 11.2 Å². The zero-order valence-corrected chi connectivity index (χ0v) is 21.1. The van der Waals surface area contributed by atoms with Gasteiger partial charge in [-0.3, -0.25) is 19.1 Å². The molecular formula is C27H35N5O3. The quantitative estimate of drug-likeness (QED) is 0.429. The van der Waals surface area contributed by atoms with Crippen LogP contribution >= 0.6 is 0 Å². The molecule has 0 atom stereocenters. The third kappa shape index (κ3) is 6.30. The third-order valence-electron chi connectivity index (χ3n) is 5.94. The van der Waals surface area contributed by atoms with Gasteiger partial charge in [0, 0.05) is 32.5 Å². The number of imidazole rings is 1. The van der Waals surface area contributed by atoms with Gasteiger partial charge in [-0.2, -0.15) is 0 Å². The van der Waals surface area contributed by atoms with Gasteiger partial charge in [0.2, 0.25) is 5.91 Å². The number of aromatic nitrogens is 4. The van der Waals surface area contributed by atoms with Gasteiger partial charge in [0.1, 0.15) is 5.82 Å². The zero-order valence-electron chi connectivity index (χ0n) is 21.1. The molecule has 0 saturated heterocycles. The lowest BCUT2D eigenvalue weighted by Gasteiger charge is -2.21. The Labute approximate surface area is 206 Å². The first-order valence-electron chi connectivity index (χ1n) is 12.2. The van der Waals surface area contributed by atoms with Crippen molar-refractivity contribution in [3.8, 4) is 12.3 Å². The topological polar surface area (TPSA) is 93.0 Å². The Morgan fingerprint density at radius 3 is 2.54 bits per heavy atom. The van der Waals surface area contributed by atoms with Crippen LogP contribution in [0, 0.1) is 25.2 Å². The van der Waals surface area contributed by atoms with Crippen LogP contribution in [0.2, 0.25) is 0 Å². The first-order valence-corrected chi connectivity index (χ1v) is 12.2. The Hall–Kier alpha value is -3.60. The van der Waals surface area contributed by atoms with Gasteiger partial charge in [0.15, 0.2) is 11.2 Å². The lowest BCUT2D eigenvalue weighted by Crippen LogP contribution is -2.31. The number of hydrogen-bond acceptors (Lipinski definition) is 4. The first kappa shape index (κ1) is 26.0. The highest BCUT2D eigenvalue weighted by molar-refractivity contribution is 5.77. The molecule has 3 aromatic rings. The molecule has 0 spiro atoms. The molecule has 0 unspecified atom stereocenters. The van der Waals surface area contributed by atoms with Gasteiger partial charge in [0.25, 0.3) is 5.56 Å². The lowest BCUT2D eigenvalue weighted by molar-refractivity contribution is -0.131. The van der Waals surface area contributed by atoms with E-state index in [9.17, 15) is 14.4 Å². The highest BCUT2D eigenvalue weighted by atomic mass is 16.2. The summed E-state index contributed by atoms with van der Waals surface area (Å²) in [6.07, 6.45) is 7.79. The standard InChI is InChI=1S/C27H35N5O3/c1-6-8-16-31-25-24(26(34)29-27(31)35)32(17-19(3)4)22(28-25)13-14-23(33)30(15-7-2)18-21-11-9-20(5)10-12-21/h2,9-12,19H,6,8,13-18H2,1,3-5H3,(H,29,34,35). The second-order valence-electron chi connectivity index (χ2n) is 9.41. The van der Waals surface area contributed by atoms with Gasteiger partial charge in [0.05, 0.1) is 6.54 Å². The fourth-order valence-corrected chi connectivity index (χ4v) is 4.13. The van der Waals surface area contributed by atoms with Crippen molar-refractivity contribution >= 4 is 17.1 Å². The summed E-state index contributed by atoms with van der Waals surface area (Å²) in [5, 5.41) is 0. The van der Waals surface area contributed by atoms with E-state index in [0.717, 1.165) is 24.0 Å². The van der Waals surface area contributed by atoms with Gasteiger partial charge in [-0.05, 0) is 24.8 Å². The van der Waals surface area contributed by atoms with E-state index in [-0.39, 0.29) is 24.8 Å². The maximum Gasteiger partial charge on any atom is 0.330 e. The number of rotatable bonds is 11. The summed E-state index contributed by atoms with van der Waals surface area (Å²) < 4.78 is 3.39.